The number of halogens is 1. The summed E-state index contributed by atoms with van der Waals surface area (Å²) in [7, 11) is -2.82. The first-order chi connectivity index (χ1) is 14.0. The summed E-state index contributed by atoms with van der Waals surface area (Å²) in [6.07, 6.45) is 0.932. The SMILES string of the molecule is CCNC(=NCCCn1c(C)nc2ccccc21)NCCN1CCS(=O)(=O)CC1.I. The maximum absolute atomic E-state index is 11.5. The Kier molecular flexibility index (Phi) is 9.82. The van der Waals surface area contributed by atoms with Crippen LogP contribution in [0.25, 0.3) is 11.0 Å². The highest BCUT2D eigenvalue weighted by Gasteiger charge is 2.20. The number of nitrogens with one attached hydrogen (secondary N) is 2. The van der Waals surface area contributed by atoms with Crippen molar-refractivity contribution in [3.05, 3.63) is 30.1 Å². The molecule has 2 N–H and O–H groups in total. The average molecular weight is 548 g/mol. The van der Waals surface area contributed by atoms with Crippen LogP contribution in [0.5, 0.6) is 0 Å². The average Bonchev–Trinajstić information content (AvgIpc) is 3.01. The second-order valence-corrected chi connectivity index (χ2v) is 9.64. The number of aryl methyl sites for hydroxylation is 2. The number of para-hydroxylation sites is 2. The van der Waals surface area contributed by atoms with Crippen molar-refractivity contribution in [2.45, 2.75) is 26.8 Å². The molecule has 0 aliphatic carbocycles. The zero-order valence-corrected chi connectivity index (χ0v) is 20.9. The Labute approximate surface area is 196 Å². The largest absolute Gasteiger partial charge is 0.357 e. The van der Waals surface area contributed by atoms with Gasteiger partial charge in [0.2, 0.25) is 0 Å². The van der Waals surface area contributed by atoms with Crippen LogP contribution >= 0.6 is 24.0 Å². The number of imidazole rings is 1. The van der Waals surface area contributed by atoms with Gasteiger partial charge in [-0.15, -0.1) is 24.0 Å². The minimum atomic E-state index is -2.82. The molecule has 1 aromatic carbocycles. The van der Waals surface area contributed by atoms with Gasteiger partial charge in [-0.05, 0) is 32.4 Å². The fourth-order valence-corrected chi connectivity index (χ4v) is 4.82. The van der Waals surface area contributed by atoms with Gasteiger partial charge in [0.25, 0.3) is 0 Å². The molecule has 0 radical (unpaired) electrons. The third kappa shape index (κ3) is 7.09. The minimum absolute atomic E-state index is 0. The first-order valence-corrected chi connectivity index (χ1v) is 12.2. The van der Waals surface area contributed by atoms with E-state index in [2.05, 4.69) is 36.1 Å². The molecule has 0 atom stereocenters. The van der Waals surface area contributed by atoms with Crippen molar-refractivity contribution in [1.82, 2.24) is 25.1 Å². The molecule has 0 bridgehead atoms. The van der Waals surface area contributed by atoms with Crippen molar-refractivity contribution in [1.29, 1.82) is 0 Å². The van der Waals surface area contributed by atoms with Gasteiger partial charge in [-0.3, -0.25) is 9.89 Å². The van der Waals surface area contributed by atoms with Crippen molar-refractivity contribution in [2.24, 2.45) is 4.99 Å². The van der Waals surface area contributed by atoms with Crippen molar-refractivity contribution in [2.75, 3.05) is 50.8 Å². The van der Waals surface area contributed by atoms with Gasteiger partial charge in [-0.25, -0.2) is 13.4 Å². The summed E-state index contributed by atoms with van der Waals surface area (Å²) in [4.78, 5) is 11.5. The molecule has 2 heterocycles. The van der Waals surface area contributed by atoms with Crippen molar-refractivity contribution in [3.8, 4) is 0 Å². The predicted octanol–water partition coefficient (Wildman–Crippen LogP) is 1.64. The minimum Gasteiger partial charge on any atom is -0.357 e. The highest BCUT2D eigenvalue weighted by atomic mass is 127. The van der Waals surface area contributed by atoms with E-state index in [0.717, 1.165) is 56.4 Å². The van der Waals surface area contributed by atoms with Gasteiger partial charge in [0.1, 0.15) is 5.82 Å². The monoisotopic (exact) mass is 548 g/mol. The standard InChI is InChI=1S/C20H32N6O2S.HI/c1-3-21-20(23-10-12-25-13-15-29(27,28)16-14-25)22-9-6-11-26-17(2)24-18-7-4-5-8-19(18)26;/h4-5,7-8H,3,6,9-16H2,1-2H3,(H2,21,22,23);1H. The van der Waals surface area contributed by atoms with E-state index in [1.807, 2.05) is 32.0 Å². The first kappa shape index (κ1) is 24.9. The number of aromatic nitrogens is 2. The fraction of sp³-hybridized carbons (Fsp3) is 0.600. The summed E-state index contributed by atoms with van der Waals surface area (Å²) in [6.45, 7) is 9.32. The Hall–Kier alpha value is -1.40. The van der Waals surface area contributed by atoms with Gasteiger partial charge >= 0.3 is 0 Å². The van der Waals surface area contributed by atoms with E-state index in [1.54, 1.807) is 0 Å². The van der Waals surface area contributed by atoms with Crippen LogP contribution in [0.2, 0.25) is 0 Å². The highest BCUT2D eigenvalue weighted by Crippen LogP contribution is 2.15. The molecule has 0 amide bonds. The molecule has 3 rings (SSSR count). The Morgan fingerprint density at radius 1 is 1.17 bits per heavy atom. The molecule has 0 spiro atoms. The molecule has 30 heavy (non-hydrogen) atoms. The van der Waals surface area contributed by atoms with Gasteiger partial charge in [0.05, 0.1) is 22.5 Å². The maximum Gasteiger partial charge on any atom is 0.191 e. The third-order valence-corrected chi connectivity index (χ3v) is 6.77. The normalized spacial score (nSPS) is 16.9. The summed E-state index contributed by atoms with van der Waals surface area (Å²) in [5.74, 6) is 2.38. The summed E-state index contributed by atoms with van der Waals surface area (Å²) in [6, 6.07) is 8.21. The van der Waals surface area contributed by atoms with Crippen LogP contribution in [0.3, 0.4) is 0 Å². The number of sulfone groups is 1. The van der Waals surface area contributed by atoms with Gasteiger partial charge in [0.15, 0.2) is 15.8 Å². The summed E-state index contributed by atoms with van der Waals surface area (Å²) in [5, 5.41) is 6.63. The summed E-state index contributed by atoms with van der Waals surface area (Å²) >= 11 is 0. The van der Waals surface area contributed by atoms with Crippen molar-refractivity contribution in [3.63, 3.8) is 0 Å². The molecule has 1 aromatic heterocycles. The molecular weight excluding hydrogens is 515 g/mol. The molecule has 168 valence electrons. The molecule has 1 saturated heterocycles. The zero-order valence-electron chi connectivity index (χ0n) is 17.8. The molecule has 0 saturated carbocycles. The van der Waals surface area contributed by atoms with Crippen LogP contribution in [-0.4, -0.2) is 79.6 Å². The Bertz CT molecular complexity index is 930. The van der Waals surface area contributed by atoms with Crippen molar-refractivity contribution < 1.29 is 8.42 Å². The fourth-order valence-electron chi connectivity index (χ4n) is 3.55. The Morgan fingerprint density at radius 2 is 1.90 bits per heavy atom. The number of hydrogen-bond donors (Lipinski definition) is 2. The number of nitrogens with zero attached hydrogens (tertiary/aromatic N) is 4. The number of fused-ring (bicyclic) bond motifs is 1. The van der Waals surface area contributed by atoms with Gasteiger partial charge in [-0.1, -0.05) is 12.1 Å². The van der Waals surface area contributed by atoms with Gasteiger partial charge in [-0.2, -0.15) is 0 Å². The van der Waals surface area contributed by atoms with E-state index in [1.165, 1.54) is 5.52 Å². The second-order valence-electron chi connectivity index (χ2n) is 7.33. The molecule has 1 fully saturated rings. The van der Waals surface area contributed by atoms with E-state index in [0.29, 0.717) is 13.1 Å². The van der Waals surface area contributed by atoms with Crippen LogP contribution in [0.1, 0.15) is 19.2 Å². The zero-order chi connectivity index (χ0) is 20.7. The summed E-state index contributed by atoms with van der Waals surface area (Å²) in [5.41, 5.74) is 2.21. The number of rotatable bonds is 8. The van der Waals surface area contributed by atoms with Crippen molar-refractivity contribution >= 4 is 50.8 Å². The third-order valence-electron chi connectivity index (χ3n) is 5.16. The lowest BCUT2D eigenvalue weighted by molar-refractivity contribution is 0.299. The lowest BCUT2D eigenvalue weighted by Crippen LogP contribution is -2.46. The smallest absolute Gasteiger partial charge is 0.191 e. The van der Waals surface area contributed by atoms with Gasteiger partial charge in [0, 0.05) is 45.8 Å². The maximum atomic E-state index is 11.5. The van der Waals surface area contributed by atoms with E-state index in [4.69, 9.17) is 0 Å². The van der Waals surface area contributed by atoms with Crippen LogP contribution in [0, 0.1) is 6.92 Å². The molecule has 10 heteroatoms. The molecule has 8 nitrogen and oxygen atoms in total. The quantitative estimate of drug-likeness (QED) is 0.226. The lowest BCUT2D eigenvalue weighted by atomic mass is 10.3. The van der Waals surface area contributed by atoms with E-state index in [9.17, 15) is 8.42 Å². The molecule has 0 unspecified atom stereocenters. The molecule has 1 aliphatic heterocycles. The number of hydrogen-bond acceptors (Lipinski definition) is 5. The van der Waals surface area contributed by atoms with Crippen LogP contribution in [-0.2, 0) is 16.4 Å². The molecule has 2 aromatic rings. The summed E-state index contributed by atoms with van der Waals surface area (Å²) < 4.78 is 25.3. The predicted molar refractivity (Wildman–Crippen MR) is 134 cm³/mol. The van der Waals surface area contributed by atoms with E-state index in [-0.39, 0.29) is 35.5 Å². The van der Waals surface area contributed by atoms with Crippen LogP contribution in [0.15, 0.2) is 29.3 Å². The Morgan fingerprint density at radius 3 is 2.63 bits per heavy atom. The number of benzene rings is 1. The van der Waals surface area contributed by atoms with E-state index >= 15 is 0 Å². The topological polar surface area (TPSA) is 91.6 Å². The number of guanidine groups is 1. The number of aliphatic imine (C=N–C) groups is 1. The molecule has 1 aliphatic rings. The molecular formula is C20H33IN6O2S. The van der Waals surface area contributed by atoms with Gasteiger partial charge < -0.3 is 15.2 Å². The highest BCUT2D eigenvalue weighted by molar-refractivity contribution is 14.0. The first-order valence-electron chi connectivity index (χ1n) is 10.4. The van der Waals surface area contributed by atoms with Crippen LogP contribution in [0.4, 0.5) is 0 Å². The Balaban J connectivity index is 0.00000320. The van der Waals surface area contributed by atoms with E-state index < -0.39 is 9.84 Å². The lowest BCUT2D eigenvalue weighted by Gasteiger charge is -2.26. The van der Waals surface area contributed by atoms with Crippen LogP contribution < -0.4 is 10.6 Å². The second kappa shape index (κ2) is 11.8.